The highest BCUT2D eigenvalue weighted by atomic mass is 32.2. The molecular weight excluding hydrogens is 185 g/mol. The van der Waals surface area contributed by atoms with E-state index in [0.29, 0.717) is 0 Å². The van der Waals surface area contributed by atoms with Crippen LogP contribution in [0, 0.1) is 0 Å². The third-order valence-electron chi connectivity index (χ3n) is 1.49. The van der Waals surface area contributed by atoms with E-state index in [-0.39, 0.29) is 6.42 Å². The van der Waals surface area contributed by atoms with Crippen LogP contribution in [0.3, 0.4) is 0 Å². The van der Waals surface area contributed by atoms with Crippen LogP contribution in [0.2, 0.25) is 0 Å². The summed E-state index contributed by atoms with van der Waals surface area (Å²) < 4.78 is 42.3. The molecule has 1 unspecified atom stereocenters. The maximum Gasteiger partial charge on any atom is 0.293 e. The highest BCUT2D eigenvalue weighted by Crippen LogP contribution is 2.23. The standard InChI is InChI=1S/C6H8FNO3S/c7-5-2-1-4(8)3-6(5)12(9,10)11/h1-2,4H,3,8H2,(H,9,10,11). The first-order valence-electron chi connectivity index (χ1n) is 3.21. The van der Waals surface area contributed by atoms with Gasteiger partial charge in [-0.2, -0.15) is 8.42 Å². The van der Waals surface area contributed by atoms with Crippen molar-refractivity contribution in [3.05, 3.63) is 22.9 Å². The molecule has 0 aromatic carbocycles. The molecule has 4 nitrogen and oxygen atoms in total. The second kappa shape index (κ2) is 2.96. The molecule has 1 aliphatic rings. The fourth-order valence-corrected chi connectivity index (χ4v) is 1.63. The molecule has 0 fully saturated rings. The van der Waals surface area contributed by atoms with Gasteiger partial charge in [0.05, 0.1) is 0 Å². The van der Waals surface area contributed by atoms with E-state index in [9.17, 15) is 12.8 Å². The summed E-state index contributed by atoms with van der Waals surface area (Å²) in [6.45, 7) is 0. The summed E-state index contributed by atoms with van der Waals surface area (Å²) in [4.78, 5) is -0.641. The molecule has 0 radical (unpaired) electrons. The van der Waals surface area contributed by atoms with Crippen molar-refractivity contribution < 1.29 is 17.4 Å². The van der Waals surface area contributed by atoms with Crippen molar-refractivity contribution in [1.29, 1.82) is 0 Å². The number of halogens is 1. The van der Waals surface area contributed by atoms with Crippen molar-refractivity contribution >= 4 is 10.1 Å². The van der Waals surface area contributed by atoms with Crippen LogP contribution in [0.15, 0.2) is 22.9 Å². The van der Waals surface area contributed by atoms with Gasteiger partial charge in [-0.1, -0.05) is 6.08 Å². The van der Waals surface area contributed by atoms with Gasteiger partial charge in [-0.25, -0.2) is 4.39 Å². The third kappa shape index (κ3) is 1.90. The first-order valence-corrected chi connectivity index (χ1v) is 4.65. The Labute approximate surface area is 69.3 Å². The Hall–Kier alpha value is -0.720. The highest BCUT2D eigenvalue weighted by Gasteiger charge is 2.23. The van der Waals surface area contributed by atoms with Crippen molar-refractivity contribution in [3.8, 4) is 0 Å². The molecule has 0 heterocycles. The molecular formula is C6H8FNO3S. The third-order valence-corrected chi connectivity index (χ3v) is 2.47. The van der Waals surface area contributed by atoms with Crippen LogP contribution in [0.25, 0.3) is 0 Å². The van der Waals surface area contributed by atoms with Gasteiger partial charge < -0.3 is 5.73 Å². The molecule has 0 bridgehead atoms. The minimum absolute atomic E-state index is 0.193. The van der Waals surface area contributed by atoms with Gasteiger partial charge >= 0.3 is 0 Å². The Morgan fingerprint density at radius 1 is 1.67 bits per heavy atom. The molecule has 0 aromatic heterocycles. The van der Waals surface area contributed by atoms with Gasteiger partial charge in [-0.05, 0) is 6.08 Å². The van der Waals surface area contributed by atoms with Crippen LogP contribution in [0.1, 0.15) is 6.42 Å². The minimum Gasteiger partial charge on any atom is -0.324 e. The van der Waals surface area contributed by atoms with E-state index in [2.05, 4.69) is 0 Å². The minimum atomic E-state index is -4.43. The van der Waals surface area contributed by atoms with Crippen LogP contribution in [0.4, 0.5) is 4.39 Å². The Balaban J connectivity index is 3.11. The van der Waals surface area contributed by atoms with Crippen LogP contribution < -0.4 is 5.73 Å². The molecule has 0 aliphatic heterocycles. The van der Waals surface area contributed by atoms with Gasteiger partial charge in [0, 0.05) is 12.5 Å². The maximum absolute atomic E-state index is 12.7. The first kappa shape index (κ1) is 9.37. The molecule has 0 saturated carbocycles. The van der Waals surface area contributed by atoms with E-state index >= 15 is 0 Å². The number of hydrogen-bond donors (Lipinski definition) is 2. The Morgan fingerprint density at radius 2 is 2.25 bits per heavy atom. The van der Waals surface area contributed by atoms with Crippen molar-refractivity contribution in [2.24, 2.45) is 5.73 Å². The highest BCUT2D eigenvalue weighted by molar-refractivity contribution is 7.89. The number of rotatable bonds is 1. The summed E-state index contributed by atoms with van der Waals surface area (Å²) in [5.74, 6) is -0.945. The Bertz CT molecular complexity index is 344. The fraction of sp³-hybridized carbons (Fsp3) is 0.333. The summed E-state index contributed by atoms with van der Waals surface area (Å²) in [6, 6.07) is -0.554. The van der Waals surface area contributed by atoms with Crippen LogP contribution in [-0.2, 0) is 10.1 Å². The molecule has 1 aliphatic carbocycles. The first-order chi connectivity index (χ1) is 5.41. The lowest BCUT2D eigenvalue weighted by Gasteiger charge is -2.12. The molecule has 1 atom stereocenters. The van der Waals surface area contributed by atoms with Crippen LogP contribution in [-0.4, -0.2) is 19.0 Å². The van der Waals surface area contributed by atoms with Gasteiger partial charge in [-0.3, -0.25) is 4.55 Å². The second-order valence-electron chi connectivity index (χ2n) is 2.47. The van der Waals surface area contributed by atoms with E-state index in [1.165, 1.54) is 6.08 Å². The monoisotopic (exact) mass is 193 g/mol. The molecule has 0 amide bonds. The van der Waals surface area contributed by atoms with Gasteiger partial charge in [0.15, 0.2) is 0 Å². The van der Waals surface area contributed by atoms with E-state index in [0.717, 1.165) is 6.08 Å². The zero-order chi connectivity index (χ0) is 9.35. The van der Waals surface area contributed by atoms with Gasteiger partial charge in [-0.15, -0.1) is 0 Å². The predicted octanol–water partition coefficient (Wildman–Crippen LogP) is 0.343. The summed E-state index contributed by atoms with van der Waals surface area (Å²) >= 11 is 0. The second-order valence-corrected chi connectivity index (χ2v) is 3.92. The maximum atomic E-state index is 12.7. The van der Waals surface area contributed by atoms with Crippen LogP contribution in [0.5, 0.6) is 0 Å². The lowest BCUT2D eigenvalue weighted by Crippen LogP contribution is -2.23. The summed E-state index contributed by atoms with van der Waals surface area (Å²) in [6.07, 6.45) is 2.09. The molecule has 12 heavy (non-hydrogen) atoms. The van der Waals surface area contributed by atoms with Crippen molar-refractivity contribution in [2.75, 3.05) is 0 Å². The molecule has 0 aromatic rings. The van der Waals surface area contributed by atoms with Gasteiger partial charge in [0.1, 0.15) is 10.7 Å². The predicted molar refractivity (Wildman–Crippen MR) is 41.4 cm³/mol. The van der Waals surface area contributed by atoms with E-state index < -0.39 is 26.9 Å². The molecule has 0 saturated heterocycles. The number of allylic oxidation sites excluding steroid dienone is 2. The van der Waals surface area contributed by atoms with E-state index in [1.807, 2.05) is 0 Å². The Morgan fingerprint density at radius 3 is 2.67 bits per heavy atom. The largest absolute Gasteiger partial charge is 0.324 e. The van der Waals surface area contributed by atoms with Gasteiger partial charge in [0.25, 0.3) is 10.1 Å². The average molecular weight is 193 g/mol. The summed E-state index contributed by atoms with van der Waals surface area (Å²) in [5.41, 5.74) is 5.32. The molecule has 0 spiro atoms. The smallest absolute Gasteiger partial charge is 0.293 e. The summed E-state index contributed by atoms with van der Waals surface area (Å²) in [7, 11) is -4.43. The van der Waals surface area contributed by atoms with E-state index in [1.54, 1.807) is 0 Å². The van der Waals surface area contributed by atoms with Crippen molar-refractivity contribution in [2.45, 2.75) is 12.5 Å². The van der Waals surface area contributed by atoms with Gasteiger partial charge in [0.2, 0.25) is 0 Å². The lowest BCUT2D eigenvalue weighted by molar-refractivity contribution is 0.484. The zero-order valence-electron chi connectivity index (χ0n) is 6.07. The molecule has 68 valence electrons. The normalized spacial score (nSPS) is 24.8. The molecule has 6 heteroatoms. The zero-order valence-corrected chi connectivity index (χ0v) is 6.88. The molecule has 1 rings (SSSR count). The topological polar surface area (TPSA) is 80.4 Å². The van der Waals surface area contributed by atoms with Crippen molar-refractivity contribution in [3.63, 3.8) is 0 Å². The number of hydrogen-bond acceptors (Lipinski definition) is 3. The SMILES string of the molecule is NC1C=CC(F)=C(S(=O)(=O)O)C1. The van der Waals surface area contributed by atoms with Crippen LogP contribution >= 0.6 is 0 Å². The lowest BCUT2D eigenvalue weighted by atomic mass is 10.1. The summed E-state index contributed by atoms with van der Waals surface area (Å²) in [5, 5.41) is 0. The molecule has 3 N–H and O–H groups in total. The Kier molecular flexibility index (Phi) is 2.31. The quantitative estimate of drug-likeness (QED) is 0.588. The fourth-order valence-electron chi connectivity index (χ4n) is 0.909. The van der Waals surface area contributed by atoms with E-state index in [4.69, 9.17) is 10.3 Å². The number of nitrogens with two attached hydrogens (primary N) is 1. The van der Waals surface area contributed by atoms with Crippen molar-refractivity contribution in [1.82, 2.24) is 0 Å². The average Bonchev–Trinajstić information content (AvgIpc) is 1.92.